The van der Waals surface area contributed by atoms with Crippen molar-refractivity contribution in [2.24, 2.45) is 0 Å². The first kappa shape index (κ1) is 24.7. The van der Waals surface area contributed by atoms with E-state index in [1.165, 1.54) is 12.1 Å². The molecule has 8 nitrogen and oxygen atoms in total. The Labute approximate surface area is 201 Å². The van der Waals surface area contributed by atoms with Crippen LogP contribution in [0.25, 0.3) is 0 Å². The summed E-state index contributed by atoms with van der Waals surface area (Å²) in [4.78, 5) is 21.4. The van der Waals surface area contributed by atoms with Gasteiger partial charge in [0.25, 0.3) is 0 Å². The van der Waals surface area contributed by atoms with E-state index in [-0.39, 0.29) is 36.2 Å². The van der Waals surface area contributed by atoms with Crippen LogP contribution in [0.5, 0.6) is 0 Å². The minimum absolute atomic E-state index is 0. The number of rotatable bonds is 3. The lowest BCUT2D eigenvalue weighted by Gasteiger charge is -2.40. The van der Waals surface area contributed by atoms with Gasteiger partial charge in [-0.3, -0.25) is 0 Å². The highest BCUT2D eigenvalue weighted by Crippen LogP contribution is 2.37. The Balaban J connectivity index is 0.00000274. The monoisotopic (exact) mass is 501 g/mol. The number of nitrogens with zero attached hydrogens (tertiary/aromatic N) is 4. The standard InChI is InChI=1S/C22H26F3N5O3.ClH/c23-22(24,25)18-3-1-14(2-4-18)15-9-16(19-27-20(33-28-19)17-10-26-11-17)13-30(12-15)21(31)29-5-7-32-8-6-29;/h1-4,15-17,26H,5-13H2;1H. The summed E-state index contributed by atoms with van der Waals surface area (Å²) >= 11 is 0. The maximum absolute atomic E-state index is 13.2. The van der Waals surface area contributed by atoms with Crippen molar-refractivity contribution in [2.45, 2.75) is 30.4 Å². The molecule has 1 aromatic carbocycles. The average Bonchev–Trinajstić information content (AvgIpc) is 3.27. The first-order chi connectivity index (χ1) is 15.9. The quantitative estimate of drug-likeness (QED) is 0.695. The molecule has 3 saturated heterocycles. The van der Waals surface area contributed by atoms with Crippen molar-refractivity contribution in [3.8, 4) is 0 Å². The third-order valence-corrected chi connectivity index (χ3v) is 6.67. The number of hydrogen-bond acceptors (Lipinski definition) is 6. The number of urea groups is 1. The molecule has 0 spiro atoms. The van der Waals surface area contributed by atoms with Crippen LogP contribution in [-0.2, 0) is 10.9 Å². The van der Waals surface area contributed by atoms with Crippen LogP contribution in [0, 0.1) is 0 Å². The number of likely N-dealkylation sites (tertiary alicyclic amines) is 1. The summed E-state index contributed by atoms with van der Waals surface area (Å²) in [6.45, 7) is 4.48. The number of amides is 2. The van der Waals surface area contributed by atoms with Crippen LogP contribution in [0.3, 0.4) is 0 Å². The van der Waals surface area contributed by atoms with Gasteiger partial charge < -0.3 is 24.4 Å². The number of aromatic nitrogens is 2. The Hall–Kier alpha value is -2.37. The highest BCUT2D eigenvalue weighted by Gasteiger charge is 2.37. The van der Waals surface area contributed by atoms with E-state index in [4.69, 9.17) is 9.26 Å². The molecule has 3 fully saturated rings. The molecule has 4 heterocycles. The highest BCUT2D eigenvalue weighted by molar-refractivity contribution is 5.85. The predicted molar refractivity (Wildman–Crippen MR) is 118 cm³/mol. The molecule has 0 radical (unpaired) electrons. The SMILES string of the molecule is Cl.O=C(N1CCOCC1)N1CC(c2ccc(C(F)(F)F)cc2)CC(c2noc(C3CNC3)n2)C1. The minimum Gasteiger partial charge on any atom is -0.378 e. The summed E-state index contributed by atoms with van der Waals surface area (Å²) < 4.78 is 49.9. The van der Waals surface area contributed by atoms with Gasteiger partial charge in [-0.15, -0.1) is 12.4 Å². The minimum atomic E-state index is -4.39. The molecule has 34 heavy (non-hydrogen) atoms. The maximum Gasteiger partial charge on any atom is 0.416 e. The van der Waals surface area contributed by atoms with Gasteiger partial charge in [0.1, 0.15) is 0 Å². The fraction of sp³-hybridized carbons (Fsp3) is 0.591. The van der Waals surface area contributed by atoms with Crippen LogP contribution in [0.15, 0.2) is 28.8 Å². The zero-order chi connectivity index (χ0) is 23.0. The van der Waals surface area contributed by atoms with E-state index < -0.39 is 11.7 Å². The Bertz CT molecular complexity index is 977. The van der Waals surface area contributed by atoms with Crippen LogP contribution in [0.1, 0.15) is 47.0 Å². The number of ether oxygens (including phenoxy) is 1. The second-order valence-electron chi connectivity index (χ2n) is 8.88. The summed E-state index contributed by atoms with van der Waals surface area (Å²) in [5, 5.41) is 7.36. The van der Waals surface area contributed by atoms with Gasteiger partial charge in [-0.1, -0.05) is 17.3 Å². The number of halogens is 4. The molecule has 0 bridgehead atoms. The molecule has 2 amide bonds. The summed E-state index contributed by atoms with van der Waals surface area (Å²) in [6, 6.07) is 5.13. The van der Waals surface area contributed by atoms with Gasteiger partial charge in [-0.25, -0.2) is 4.79 Å². The van der Waals surface area contributed by atoms with Crippen molar-refractivity contribution in [1.29, 1.82) is 0 Å². The Morgan fingerprint density at radius 1 is 1.00 bits per heavy atom. The number of carbonyl (C=O) groups is 1. The van der Waals surface area contributed by atoms with Gasteiger partial charge in [0, 0.05) is 51.1 Å². The smallest absolute Gasteiger partial charge is 0.378 e. The summed E-state index contributed by atoms with van der Waals surface area (Å²) in [7, 11) is 0. The van der Waals surface area contributed by atoms with Crippen molar-refractivity contribution in [1.82, 2.24) is 25.3 Å². The van der Waals surface area contributed by atoms with Crippen LogP contribution in [0.2, 0.25) is 0 Å². The molecule has 2 aromatic rings. The number of morpholine rings is 1. The van der Waals surface area contributed by atoms with Crippen molar-refractivity contribution in [3.63, 3.8) is 0 Å². The molecular weight excluding hydrogens is 475 g/mol. The number of alkyl halides is 3. The zero-order valence-electron chi connectivity index (χ0n) is 18.5. The fourth-order valence-corrected chi connectivity index (χ4v) is 4.62. The van der Waals surface area contributed by atoms with Crippen molar-refractivity contribution in [2.75, 3.05) is 52.5 Å². The number of hydrogen-bond donors (Lipinski definition) is 1. The van der Waals surface area contributed by atoms with Crippen LogP contribution in [0.4, 0.5) is 18.0 Å². The van der Waals surface area contributed by atoms with E-state index in [1.54, 1.807) is 9.80 Å². The van der Waals surface area contributed by atoms with E-state index in [0.29, 0.717) is 57.5 Å². The van der Waals surface area contributed by atoms with Gasteiger partial charge >= 0.3 is 12.2 Å². The van der Waals surface area contributed by atoms with Crippen molar-refractivity contribution >= 4 is 18.4 Å². The summed E-state index contributed by atoms with van der Waals surface area (Å²) in [5.41, 5.74) is 0.0798. The normalized spacial score (nSPS) is 23.9. The Kier molecular flexibility index (Phi) is 7.34. The summed E-state index contributed by atoms with van der Waals surface area (Å²) in [6.07, 6.45) is -3.76. The molecule has 0 aliphatic carbocycles. The molecule has 2 unspecified atom stereocenters. The number of carbonyl (C=O) groups excluding carboxylic acids is 1. The Morgan fingerprint density at radius 3 is 2.29 bits per heavy atom. The van der Waals surface area contributed by atoms with Gasteiger partial charge in [-0.05, 0) is 24.1 Å². The third-order valence-electron chi connectivity index (χ3n) is 6.67. The third kappa shape index (κ3) is 5.16. The van der Waals surface area contributed by atoms with E-state index in [9.17, 15) is 18.0 Å². The largest absolute Gasteiger partial charge is 0.416 e. The number of benzene rings is 1. The molecule has 1 aromatic heterocycles. The maximum atomic E-state index is 13.2. The molecule has 2 atom stereocenters. The highest BCUT2D eigenvalue weighted by atomic mass is 35.5. The van der Waals surface area contributed by atoms with E-state index >= 15 is 0 Å². The molecule has 1 N–H and O–H groups in total. The molecule has 0 saturated carbocycles. The lowest BCUT2D eigenvalue weighted by molar-refractivity contribution is -0.137. The van der Waals surface area contributed by atoms with Crippen LogP contribution < -0.4 is 5.32 Å². The van der Waals surface area contributed by atoms with Crippen molar-refractivity contribution < 1.29 is 27.2 Å². The molecule has 3 aliphatic heterocycles. The zero-order valence-corrected chi connectivity index (χ0v) is 19.3. The molecule has 3 aliphatic rings. The van der Waals surface area contributed by atoms with E-state index in [0.717, 1.165) is 30.8 Å². The number of piperidine rings is 1. The second kappa shape index (κ2) is 10.1. The van der Waals surface area contributed by atoms with Gasteiger partial charge in [0.05, 0.1) is 24.7 Å². The second-order valence-corrected chi connectivity index (χ2v) is 8.88. The lowest BCUT2D eigenvalue weighted by atomic mass is 9.84. The van der Waals surface area contributed by atoms with E-state index in [1.807, 2.05) is 0 Å². The Morgan fingerprint density at radius 2 is 1.68 bits per heavy atom. The molecular formula is C22H27ClF3N5O3. The predicted octanol–water partition coefficient (Wildman–Crippen LogP) is 3.22. The topological polar surface area (TPSA) is 83.7 Å². The first-order valence-corrected chi connectivity index (χ1v) is 11.2. The molecule has 186 valence electrons. The molecule has 12 heteroatoms. The van der Waals surface area contributed by atoms with Gasteiger partial charge in [-0.2, -0.15) is 18.2 Å². The average molecular weight is 502 g/mol. The van der Waals surface area contributed by atoms with Gasteiger partial charge in [0.15, 0.2) is 5.82 Å². The summed E-state index contributed by atoms with van der Waals surface area (Å²) in [5.74, 6) is 1.04. The lowest BCUT2D eigenvalue weighted by Crippen LogP contribution is -2.52. The molecule has 5 rings (SSSR count). The number of nitrogens with one attached hydrogen (secondary N) is 1. The van der Waals surface area contributed by atoms with Crippen LogP contribution in [-0.4, -0.2) is 78.5 Å². The van der Waals surface area contributed by atoms with Crippen LogP contribution >= 0.6 is 12.4 Å². The first-order valence-electron chi connectivity index (χ1n) is 11.2. The fourth-order valence-electron chi connectivity index (χ4n) is 4.62. The van der Waals surface area contributed by atoms with Crippen molar-refractivity contribution in [3.05, 3.63) is 47.1 Å². The van der Waals surface area contributed by atoms with E-state index in [2.05, 4.69) is 15.5 Å². The van der Waals surface area contributed by atoms with Gasteiger partial charge in [0.2, 0.25) is 5.89 Å².